The van der Waals surface area contributed by atoms with Crippen molar-refractivity contribution in [2.75, 3.05) is 11.9 Å². The van der Waals surface area contributed by atoms with E-state index in [0.29, 0.717) is 5.25 Å². The number of amides is 2. The van der Waals surface area contributed by atoms with Crippen LogP contribution in [0.15, 0.2) is 65.7 Å². The maximum Gasteiger partial charge on any atom is 0.328 e. The summed E-state index contributed by atoms with van der Waals surface area (Å²) in [5.74, 6) is 0. The lowest BCUT2D eigenvalue weighted by Crippen LogP contribution is -2.40. The maximum atomic E-state index is 12.9. The van der Waals surface area contributed by atoms with Crippen LogP contribution in [-0.2, 0) is 0 Å². The Kier molecular flexibility index (Phi) is 5.20. The molecule has 0 saturated heterocycles. The SMILES string of the molecule is C[C@@H]1CN=C(N(C(=O)Nc2ccccc2)[C@H](C)c2ccccc2)S1. The molecule has 5 heteroatoms. The second kappa shape index (κ2) is 7.53. The Morgan fingerprint density at radius 3 is 2.38 bits per heavy atom. The standard InChI is InChI=1S/C19H21N3OS/c1-14-13-20-19(24-14)22(15(2)16-9-5-3-6-10-16)18(23)21-17-11-7-4-8-12-17/h3-12,14-15H,13H2,1-2H3,(H,21,23)/t14-,15-/m1/s1. The van der Waals surface area contributed by atoms with Crippen LogP contribution in [-0.4, -0.2) is 27.9 Å². The highest BCUT2D eigenvalue weighted by atomic mass is 32.2. The molecule has 1 N–H and O–H groups in total. The van der Waals surface area contributed by atoms with Crippen molar-refractivity contribution in [3.63, 3.8) is 0 Å². The van der Waals surface area contributed by atoms with Gasteiger partial charge >= 0.3 is 6.03 Å². The first-order chi connectivity index (χ1) is 11.6. The Labute approximate surface area is 147 Å². The molecule has 24 heavy (non-hydrogen) atoms. The Bertz CT molecular complexity index is 718. The summed E-state index contributed by atoms with van der Waals surface area (Å²) in [6.07, 6.45) is 0. The molecule has 0 radical (unpaired) electrons. The van der Waals surface area contributed by atoms with E-state index in [-0.39, 0.29) is 12.1 Å². The van der Waals surface area contributed by atoms with Crippen LogP contribution >= 0.6 is 11.8 Å². The van der Waals surface area contributed by atoms with E-state index in [0.717, 1.165) is 23.0 Å². The lowest BCUT2D eigenvalue weighted by Gasteiger charge is -2.29. The fraction of sp³-hybridized carbons (Fsp3) is 0.263. The number of carbonyl (C=O) groups is 1. The summed E-state index contributed by atoms with van der Waals surface area (Å²) in [6.45, 7) is 4.91. The van der Waals surface area contributed by atoms with Gasteiger partial charge in [-0.25, -0.2) is 4.79 Å². The molecule has 0 spiro atoms. The van der Waals surface area contributed by atoms with Crippen LogP contribution in [0.4, 0.5) is 10.5 Å². The molecule has 2 atom stereocenters. The number of anilines is 1. The van der Waals surface area contributed by atoms with Crippen LogP contribution in [0.5, 0.6) is 0 Å². The number of hydrogen-bond acceptors (Lipinski definition) is 3. The van der Waals surface area contributed by atoms with Gasteiger partial charge in [0.05, 0.1) is 12.6 Å². The van der Waals surface area contributed by atoms with Gasteiger partial charge < -0.3 is 5.32 Å². The van der Waals surface area contributed by atoms with Gasteiger partial charge in [-0.05, 0) is 24.6 Å². The lowest BCUT2D eigenvalue weighted by atomic mass is 10.1. The number of para-hydroxylation sites is 1. The molecule has 0 fully saturated rings. The van der Waals surface area contributed by atoms with Crippen molar-refractivity contribution >= 4 is 28.6 Å². The number of nitrogens with zero attached hydrogens (tertiary/aromatic N) is 2. The number of benzene rings is 2. The predicted octanol–water partition coefficient (Wildman–Crippen LogP) is 4.77. The second-order valence-electron chi connectivity index (χ2n) is 5.80. The average molecular weight is 339 g/mol. The van der Waals surface area contributed by atoms with Crippen LogP contribution in [0.2, 0.25) is 0 Å². The maximum absolute atomic E-state index is 12.9. The van der Waals surface area contributed by atoms with Crippen LogP contribution in [0.3, 0.4) is 0 Å². The van der Waals surface area contributed by atoms with E-state index >= 15 is 0 Å². The van der Waals surface area contributed by atoms with E-state index in [9.17, 15) is 4.79 Å². The van der Waals surface area contributed by atoms with Gasteiger partial charge in [-0.2, -0.15) is 0 Å². The molecule has 1 aliphatic heterocycles. The normalized spacial score (nSPS) is 17.9. The summed E-state index contributed by atoms with van der Waals surface area (Å²) in [7, 11) is 0. The molecular formula is C19H21N3OS. The molecule has 0 bridgehead atoms. The monoisotopic (exact) mass is 339 g/mol. The molecule has 124 valence electrons. The minimum Gasteiger partial charge on any atom is -0.307 e. The van der Waals surface area contributed by atoms with Crippen LogP contribution in [0, 0.1) is 0 Å². The molecular weight excluding hydrogens is 318 g/mol. The van der Waals surface area contributed by atoms with Gasteiger partial charge in [0.2, 0.25) is 0 Å². The van der Waals surface area contributed by atoms with Gasteiger partial charge in [0.15, 0.2) is 5.17 Å². The fourth-order valence-electron chi connectivity index (χ4n) is 2.61. The summed E-state index contributed by atoms with van der Waals surface area (Å²) in [5.41, 5.74) is 1.87. The minimum absolute atomic E-state index is 0.0912. The van der Waals surface area contributed by atoms with E-state index in [1.807, 2.05) is 67.6 Å². The highest BCUT2D eigenvalue weighted by Crippen LogP contribution is 2.30. The zero-order valence-corrected chi connectivity index (χ0v) is 14.7. The number of aliphatic imine (C=N–C) groups is 1. The first-order valence-corrected chi connectivity index (χ1v) is 8.94. The zero-order chi connectivity index (χ0) is 16.9. The van der Waals surface area contributed by atoms with E-state index in [1.54, 1.807) is 16.7 Å². The van der Waals surface area contributed by atoms with Gasteiger partial charge in [0, 0.05) is 10.9 Å². The number of hydrogen-bond donors (Lipinski definition) is 1. The third kappa shape index (κ3) is 3.79. The van der Waals surface area contributed by atoms with E-state index in [1.165, 1.54) is 0 Å². The van der Waals surface area contributed by atoms with Gasteiger partial charge in [-0.1, -0.05) is 67.2 Å². The highest BCUT2D eigenvalue weighted by molar-refractivity contribution is 8.14. The number of rotatable bonds is 3. The largest absolute Gasteiger partial charge is 0.328 e. The van der Waals surface area contributed by atoms with Gasteiger partial charge in [0.1, 0.15) is 0 Å². The van der Waals surface area contributed by atoms with Crippen molar-refractivity contribution in [3.05, 3.63) is 66.2 Å². The smallest absolute Gasteiger partial charge is 0.307 e. The molecule has 4 nitrogen and oxygen atoms in total. The summed E-state index contributed by atoms with van der Waals surface area (Å²) in [5, 5.41) is 4.16. The van der Waals surface area contributed by atoms with Gasteiger partial charge in [0.25, 0.3) is 0 Å². The van der Waals surface area contributed by atoms with Gasteiger partial charge in [-0.3, -0.25) is 9.89 Å². The Balaban J connectivity index is 1.86. The van der Waals surface area contributed by atoms with Crippen molar-refractivity contribution < 1.29 is 4.79 Å². The Hall–Kier alpha value is -2.27. The molecule has 1 aliphatic rings. The summed E-state index contributed by atoms with van der Waals surface area (Å²) < 4.78 is 0. The number of urea groups is 1. The van der Waals surface area contributed by atoms with Crippen molar-refractivity contribution in [2.24, 2.45) is 4.99 Å². The fourth-order valence-corrected chi connectivity index (χ4v) is 3.62. The number of nitrogens with one attached hydrogen (secondary N) is 1. The zero-order valence-electron chi connectivity index (χ0n) is 13.8. The van der Waals surface area contributed by atoms with Gasteiger partial charge in [-0.15, -0.1) is 0 Å². The number of amidine groups is 1. The van der Waals surface area contributed by atoms with Crippen LogP contribution in [0.1, 0.15) is 25.5 Å². The van der Waals surface area contributed by atoms with Crippen LogP contribution < -0.4 is 5.32 Å². The molecule has 0 saturated carbocycles. The predicted molar refractivity (Wildman–Crippen MR) is 102 cm³/mol. The van der Waals surface area contributed by atoms with Crippen molar-refractivity contribution in [1.82, 2.24) is 4.90 Å². The third-order valence-electron chi connectivity index (χ3n) is 3.91. The molecule has 2 amide bonds. The first-order valence-electron chi connectivity index (χ1n) is 8.06. The molecule has 3 rings (SSSR count). The summed E-state index contributed by atoms with van der Waals surface area (Å²) in [6, 6.07) is 19.3. The molecule has 0 aromatic heterocycles. The quantitative estimate of drug-likeness (QED) is 0.875. The van der Waals surface area contributed by atoms with Crippen molar-refractivity contribution in [3.8, 4) is 0 Å². The van der Waals surface area contributed by atoms with E-state index in [4.69, 9.17) is 0 Å². The summed E-state index contributed by atoms with van der Waals surface area (Å²) in [4.78, 5) is 19.3. The average Bonchev–Trinajstić information content (AvgIpc) is 3.02. The van der Waals surface area contributed by atoms with E-state index < -0.39 is 0 Å². The molecule has 2 aromatic carbocycles. The van der Waals surface area contributed by atoms with Crippen molar-refractivity contribution in [2.45, 2.75) is 25.1 Å². The van der Waals surface area contributed by atoms with Crippen LogP contribution in [0.25, 0.3) is 0 Å². The Morgan fingerprint density at radius 1 is 1.17 bits per heavy atom. The summed E-state index contributed by atoms with van der Waals surface area (Å²) >= 11 is 1.65. The number of thioether (sulfide) groups is 1. The highest BCUT2D eigenvalue weighted by Gasteiger charge is 2.30. The minimum atomic E-state index is -0.155. The molecule has 1 heterocycles. The second-order valence-corrected chi connectivity index (χ2v) is 7.21. The van der Waals surface area contributed by atoms with E-state index in [2.05, 4.69) is 17.2 Å². The lowest BCUT2D eigenvalue weighted by molar-refractivity contribution is 0.225. The molecule has 0 unspecified atom stereocenters. The topological polar surface area (TPSA) is 44.7 Å². The molecule has 2 aromatic rings. The number of carbonyl (C=O) groups excluding carboxylic acids is 1. The third-order valence-corrected chi connectivity index (χ3v) is 5.00. The van der Waals surface area contributed by atoms with Crippen molar-refractivity contribution in [1.29, 1.82) is 0 Å². The molecule has 0 aliphatic carbocycles. The first kappa shape index (κ1) is 16.6. The Morgan fingerprint density at radius 2 is 1.79 bits per heavy atom.